The van der Waals surface area contributed by atoms with Crippen LogP contribution in [-0.4, -0.2) is 29.0 Å². The molecule has 3 rings (SSSR count). The quantitative estimate of drug-likeness (QED) is 0.511. The molecule has 10 heteroatoms. The van der Waals surface area contributed by atoms with E-state index in [1.807, 2.05) is 6.92 Å². The molecule has 2 amide bonds. The van der Waals surface area contributed by atoms with E-state index in [-0.39, 0.29) is 17.7 Å². The molecular formula is C21H21N3O6S. The van der Waals surface area contributed by atoms with Crippen LogP contribution in [0.2, 0.25) is 0 Å². The number of nitrogens with two attached hydrogens (primary N) is 1. The Morgan fingerprint density at radius 3 is 2.71 bits per heavy atom. The van der Waals surface area contributed by atoms with Crippen LogP contribution >= 0.6 is 11.3 Å². The molecule has 1 aromatic carbocycles. The molecule has 1 unspecified atom stereocenters. The summed E-state index contributed by atoms with van der Waals surface area (Å²) in [5.41, 5.74) is 7.26. The number of hydrogen-bond acceptors (Lipinski definition) is 8. The predicted molar refractivity (Wildman–Crippen MR) is 113 cm³/mol. The van der Waals surface area contributed by atoms with Crippen LogP contribution < -0.4 is 15.8 Å². The maximum absolute atomic E-state index is 12.5. The SMILES string of the molecule is Cc1noc(C)c1COc1cccc(C(=O)OC(C)C(=O)Nc2sccc2C(N)=O)c1. The van der Waals surface area contributed by atoms with Crippen molar-refractivity contribution in [1.29, 1.82) is 0 Å². The zero-order chi connectivity index (χ0) is 22.5. The lowest BCUT2D eigenvalue weighted by Gasteiger charge is -2.14. The highest BCUT2D eigenvalue weighted by atomic mass is 32.1. The van der Waals surface area contributed by atoms with Crippen LogP contribution in [0.4, 0.5) is 5.00 Å². The minimum Gasteiger partial charge on any atom is -0.489 e. The third-order valence-corrected chi connectivity index (χ3v) is 5.28. The summed E-state index contributed by atoms with van der Waals surface area (Å²) >= 11 is 1.15. The lowest BCUT2D eigenvalue weighted by Crippen LogP contribution is -2.30. The van der Waals surface area contributed by atoms with Crippen LogP contribution in [0.5, 0.6) is 5.75 Å². The van der Waals surface area contributed by atoms with E-state index in [1.165, 1.54) is 19.1 Å². The molecule has 0 fully saturated rings. The first-order chi connectivity index (χ1) is 14.8. The van der Waals surface area contributed by atoms with Gasteiger partial charge in [-0.2, -0.15) is 0 Å². The monoisotopic (exact) mass is 443 g/mol. The predicted octanol–water partition coefficient (Wildman–Crippen LogP) is 3.21. The zero-order valence-corrected chi connectivity index (χ0v) is 17.9. The maximum Gasteiger partial charge on any atom is 0.339 e. The summed E-state index contributed by atoms with van der Waals surface area (Å²) in [6.07, 6.45) is -1.10. The van der Waals surface area contributed by atoms with Crippen molar-refractivity contribution >= 4 is 34.1 Å². The molecule has 1 atom stereocenters. The Hall–Kier alpha value is -3.66. The Kier molecular flexibility index (Phi) is 6.71. The Morgan fingerprint density at radius 1 is 1.26 bits per heavy atom. The molecule has 0 aliphatic rings. The standard InChI is InChI=1S/C21H21N3O6S/c1-11-17(12(2)30-24-11)10-28-15-6-4-5-14(9-15)21(27)29-13(3)19(26)23-20-16(18(22)25)7-8-31-20/h4-9,13H,10H2,1-3H3,(H2,22,25)(H,23,26). The summed E-state index contributed by atoms with van der Waals surface area (Å²) in [6, 6.07) is 7.94. The number of benzene rings is 1. The molecule has 0 aliphatic heterocycles. The van der Waals surface area contributed by atoms with Crippen molar-refractivity contribution in [3.63, 3.8) is 0 Å². The number of amides is 2. The fraction of sp³-hybridized carbons (Fsp3) is 0.238. The summed E-state index contributed by atoms with van der Waals surface area (Å²) in [5.74, 6) is -0.806. The molecule has 31 heavy (non-hydrogen) atoms. The number of carbonyl (C=O) groups excluding carboxylic acids is 3. The molecule has 162 valence electrons. The van der Waals surface area contributed by atoms with Crippen LogP contribution in [0.15, 0.2) is 40.2 Å². The van der Waals surface area contributed by atoms with E-state index in [2.05, 4.69) is 10.5 Å². The van der Waals surface area contributed by atoms with Crippen molar-refractivity contribution in [2.24, 2.45) is 5.73 Å². The van der Waals surface area contributed by atoms with Gasteiger partial charge >= 0.3 is 5.97 Å². The highest BCUT2D eigenvalue weighted by Gasteiger charge is 2.22. The largest absolute Gasteiger partial charge is 0.489 e. The lowest BCUT2D eigenvalue weighted by atomic mass is 10.2. The van der Waals surface area contributed by atoms with Gasteiger partial charge < -0.3 is 25.0 Å². The minimum absolute atomic E-state index is 0.194. The number of nitrogens with zero attached hydrogens (tertiary/aromatic N) is 1. The lowest BCUT2D eigenvalue weighted by molar-refractivity contribution is -0.123. The zero-order valence-electron chi connectivity index (χ0n) is 17.1. The molecule has 0 spiro atoms. The Balaban J connectivity index is 1.60. The van der Waals surface area contributed by atoms with E-state index in [1.54, 1.807) is 30.5 Å². The summed E-state index contributed by atoms with van der Waals surface area (Å²) < 4.78 is 16.1. The topological polar surface area (TPSA) is 134 Å². The first kappa shape index (κ1) is 22.0. The average molecular weight is 443 g/mol. The summed E-state index contributed by atoms with van der Waals surface area (Å²) in [7, 11) is 0. The third kappa shape index (κ3) is 5.28. The van der Waals surface area contributed by atoms with Gasteiger partial charge in [-0.1, -0.05) is 11.2 Å². The number of aryl methyl sites for hydroxylation is 2. The number of ether oxygens (including phenoxy) is 2. The molecule has 0 bridgehead atoms. The summed E-state index contributed by atoms with van der Waals surface area (Å²) in [5, 5.41) is 8.35. The van der Waals surface area contributed by atoms with E-state index in [0.29, 0.717) is 16.5 Å². The molecule has 0 radical (unpaired) electrons. The second kappa shape index (κ2) is 9.43. The number of hydrogen-bond donors (Lipinski definition) is 2. The molecule has 2 heterocycles. The van der Waals surface area contributed by atoms with Crippen molar-refractivity contribution < 1.29 is 28.4 Å². The van der Waals surface area contributed by atoms with Gasteiger partial charge in [0.25, 0.3) is 11.8 Å². The van der Waals surface area contributed by atoms with Gasteiger partial charge in [-0.15, -0.1) is 11.3 Å². The molecule has 0 saturated carbocycles. The van der Waals surface area contributed by atoms with Gasteiger partial charge in [0.05, 0.1) is 22.4 Å². The first-order valence-electron chi connectivity index (χ1n) is 9.30. The van der Waals surface area contributed by atoms with E-state index >= 15 is 0 Å². The van der Waals surface area contributed by atoms with Gasteiger partial charge in [-0.25, -0.2) is 4.79 Å². The second-order valence-corrected chi connectivity index (χ2v) is 7.60. The average Bonchev–Trinajstić information content (AvgIpc) is 3.33. The molecule has 3 aromatic rings. The fourth-order valence-electron chi connectivity index (χ4n) is 2.67. The summed E-state index contributed by atoms with van der Waals surface area (Å²) in [6.45, 7) is 5.28. The van der Waals surface area contributed by atoms with Crippen LogP contribution in [0, 0.1) is 13.8 Å². The van der Waals surface area contributed by atoms with Crippen molar-refractivity contribution in [2.75, 3.05) is 5.32 Å². The van der Waals surface area contributed by atoms with Gasteiger partial charge in [0, 0.05) is 0 Å². The highest BCUT2D eigenvalue weighted by molar-refractivity contribution is 7.14. The number of carbonyl (C=O) groups is 3. The van der Waals surface area contributed by atoms with E-state index < -0.39 is 23.9 Å². The molecule has 0 saturated heterocycles. The Morgan fingerprint density at radius 2 is 2.03 bits per heavy atom. The number of nitrogens with one attached hydrogen (secondary N) is 1. The van der Waals surface area contributed by atoms with E-state index in [0.717, 1.165) is 22.6 Å². The van der Waals surface area contributed by atoms with Gasteiger partial charge in [-0.05, 0) is 50.4 Å². The smallest absolute Gasteiger partial charge is 0.339 e. The molecular weight excluding hydrogens is 422 g/mol. The third-order valence-electron chi connectivity index (χ3n) is 4.45. The maximum atomic E-state index is 12.5. The number of rotatable bonds is 8. The van der Waals surface area contributed by atoms with E-state index in [9.17, 15) is 14.4 Å². The molecule has 0 aliphatic carbocycles. The minimum atomic E-state index is -1.10. The van der Waals surface area contributed by atoms with Gasteiger partial charge in [0.1, 0.15) is 23.1 Å². The van der Waals surface area contributed by atoms with Crippen molar-refractivity contribution in [3.05, 3.63) is 63.9 Å². The number of thiophene rings is 1. The van der Waals surface area contributed by atoms with Crippen molar-refractivity contribution in [2.45, 2.75) is 33.5 Å². The van der Waals surface area contributed by atoms with Crippen LogP contribution in [0.1, 0.15) is 44.7 Å². The Bertz CT molecular complexity index is 1100. The number of aromatic nitrogens is 1. The van der Waals surface area contributed by atoms with Crippen LogP contribution in [0.25, 0.3) is 0 Å². The van der Waals surface area contributed by atoms with Crippen molar-refractivity contribution in [3.8, 4) is 5.75 Å². The fourth-order valence-corrected chi connectivity index (χ4v) is 3.47. The number of primary amides is 1. The first-order valence-corrected chi connectivity index (χ1v) is 10.2. The van der Waals surface area contributed by atoms with Crippen LogP contribution in [-0.2, 0) is 16.1 Å². The molecule has 3 N–H and O–H groups in total. The highest BCUT2D eigenvalue weighted by Crippen LogP contribution is 2.23. The number of esters is 1. The molecule has 9 nitrogen and oxygen atoms in total. The van der Waals surface area contributed by atoms with Gasteiger partial charge in [0.15, 0.2) is 6.10 Å². The van der Waals surface area contributed by atoms with Crippen LogP contribution in [0.3, 0.4) is 0 Å². The second-order valence-electron chi connectivity index (χ2n) is 6.68. The number of anilines is 1. The van der Waals surface area contributed by atoms with Gasteiger partial charge in [-0.3, -0.25) is 9.59 Å². The Labute approximate surface area is 182 Å². The summed E-state index contributed by atoms with van der Waals surface area (Å²) in [4.78, 5) is 36.2. The van der Waals surface area contributed by atoms with E-state index in [4.69, 9.17) is 19.7 Å². The van der Waals surface area contributed by atoms with Gasteiger partial charge in [0.2, 0.25) is 0 Å². The van der Waals surface area contributed by atoms with Crippen molar-refractivity contribution in [1.82, 2.24) is 5.16 Å². The normalized spacial score (nSPS) is 11.6. The molecule has 2 aromatic heterocycles.